The zero-order valence-corrected chi connectivity index (χ0v) is 23.0. The lowest BCUT2D eigenvalue weighted by molar-refractivity contribution is 0.102. The number of unbranched alkanes of at least 4 members (excludes halogenated alkanes) is 3. The number of pyridine rings is 1. The number of amides is 1. The SMILES string of the molecule is CCCCCCOc1ccc(C(=O)Nc2ccc(S(=O)(=O)N3C[C@H]4C[C@H](C3)c3cccc(=O)n3C4)cc2)cc1. The van der Waals surface area contributed by atoms with E-state index >= 15 is 0 Å². The standard InChI is InChI=1S/C30H35N3O5S/c1-2-3-4-5-17-38-26-13-9-23(10-14-26)30(35)31-25-11-15-27(16-12-25)39(36,37)32-19-22-18-24(21-32)28-7-6-8-29(34)33(28)20-22/h6-16,22,24H,2-5,17-21H2,1H3,(H,31,35)/t22-,24-/m1/s1. The van der Waals surface area contributed by atoms with Crippen molar-refractivity contribution in [3.05, 3.63) is 88.3 Å². The number of rotatable bonds is 10. The third-order valence-corrected chi connectivity index (χ3v) is 9.43. The maximum atomic E-state index is 13.5. The number of benzene rings is 2. The van der Waals surface area contributed by atoms with Crippen LogP contribution in [0.25, 0.3) is 0 Å². The van der Waals surface area contributed by atoms with Gasteiger partial charge in [-0.2, -0.15) is 4.31 Å². The van der Waals surface area contributed by atoms with E-state index in [9.17, 15) is 18.0 Å². The van der Waals surface area contributed by atoms with E-state index in [2.05, 4.69) is 12.2 Å². The van der Waals surface area contributed by atoms with Gasteiger partial charge in [0.2, 0.25) is 10.0 Å². The summed E-state index contributed by atoms with van der Waals surface area (Å²) in [6.07, 6.45) is 5.42. The Bertz CT molecular complexity index is 1470. The number of carbonyl (C=O) groups excluding carboxylic acids is 1. The summed E-state index contributed by atoms with van der Waals surface area (Å²) in [4.78, 5) is 25.2. The molecule has 5 rings (SSSR count). The molecule has 3 heterocycles. The van der Waals surface area contributed by atoms with E-state index in [4.69, 9.17) is 4.74 Å². The van der Waals surface area contributed by atoms with E-state index in [1.807, 2.05) is 6.07 Å². The molecule has 2 aliphatic heterocycles. The van der Waals surface area contributed by atoms with Gasteiger partial charge < -0.3 is 14.6 Å². The maximum absolute atomic E-state index is 13.5. The van der Waals surface area contributed by atoms with Gasteiger partial charge in [0, 0.05) is 48.6 Å². The molecular weight excluding hydrogens is 514 g/mol. The van der Waals surface area contributed by atoms with Crippen molar-refractivity contribution in [1.29, 1.82) is 0 Å². The Hall–Kier alpha value is -3.43. The van der Waals surface area contributed by atoms with Crippen LogP contribution in [-0.2, 0) is 16.6 Å². The summed E-state index contributed by atoms with van der Waals surface area (Å²) in [6.45, 7) is 4.10. The number of nitrogens with one attached hydrogen (secondary N) is 1. The smallest absolute Gasteiger partial charge is 0.255 e. The van der Waals surface area contributed by atoms with Crippen LogP contribution in [0.4, 0.5) is 5.69 Å². The van der Waals surface area contributed by atoms with Gasteiger partial charge in [0.15, 0.2) is 0 Å². The van der Waals surface area contributed by atoms with Crippen LogP contribution in [0.1, 0.15) is 61.0 Å². The van der Waals surface area contributed by atoms with E-state index in [-0.39, 0.29) is 28.2 Å². The minimum atomic E-state index is -3.71. The highest BCUT2D eigenvalue weighted by Crippen LogP contribution is 2.37. The predicted molar refractivity (Wildman–Crippen MR) is 151 cm³/mol. The molecule has 0 saturated carbocycles. The van der Waals surface area contributed by atoms with Gasteiger partial charge in [0.05, 0.1) is 11.5 Å². The Morgan fingerprint density at radius 3 is 2.46 bits per heavy atom. The van der Waals surface area contributed by atoms with Gasteiger partial charge in [-0.1, -0.05) is 32.3 Å². The number of piperidine rings is 1. The lowest BCUT2D eigenvalue weighted by Crippen LogP contribution is -2.48. The average Bonchev–Trinajstić information content (AvgIpc) is 2.94. The highest BCUT2D eigenvalue weighted by atomic mass is 32.2. The molecule has 0 spiro atoms. The molecule has 2 aromatic carbocycles. The third kappa shape index (κ3) is 6.09. The second-order valence-electron chi connectivity index (χ2n) is 10.4. The molecule has 2 aliphatic rings. The average molecular weight is 550 g/mol. The van der Waals surface area contributed by atoms with Crippen LogP contribution in [0.3, 0.4) is 0 Å². The molecule has 1 fully saturated rings. The number of sulfonamides is 1. The van der Waals surface area contributed by atoms with Crippen LogP contribution in [0.15, 0.2) is 76.4 Å². The van der Waals surface area contributed by atoms with Gasteiger partial charge in [-0.25, -0.2) is 8.42 Å². The first-order valence-electron chi connectivity index (χ1n) is 13.7. The summed E-state index contributed by atoms with van der Waals surface area (Å²) in [5.74, 6) is 0.549. The Morgan fingerprint density at radius 1 is 0.949 bits per heavy atom. The van der Waals surface area contributed by atoms with Crippen LogP contribution in [0.5, 0.6) is 5.75 Å². The molecule has 8 nitrogen and oxygen atoms in total. The first-order valence-corrected chi connectivity index (χ1v) is 15.1. The lowest BCUT2D eigenvalue weighted by atomic mass is 9.84. The van der Waals surface area contributed by atoms with Gasteiger partial charge in [0.25, 0.3) is 11.5 Å². The number of ether oxygens (including phenoxy) is 1. The fraction of sp³-hybridized carbons (Fsp3) is 0.400. The number of nitrogens with zero attached hydrogens (tertiary/aromatic N) is 2. The Balaban J connectivity index is 1.20. The molecule has 1 N–H and O–H groups in total. The van der Waals surface area contributed by atoms with Crippen LogP contribution in [0.2, 0.25) is 0 Å². The second kappa shape index (κ2) is 11.8. The predicted octanol–water partition coefficient (Wildman–Crippen LogP) is 4.87. The van der Waals surface area contributed by atoms with E-state index in [0.717, 1.165) is 30.7 Å². The number of anilines is 1. The van der Waals surface area contributed by atoms with Crippen molar-refractivity contribution in [2.75, 3.05) is 25.0 Å². The van der Waals surface area contributed by atoms with E-state index in [0.29, 0.717) is 37.5 Å². The fourth-order valence-corrected chi connectivity index (χ4v) is 7.09. The van der Waals surface area contributed by atoms with Crippen molar-refractivity contribution in [2.24, 2.45) is 5.92 Å². The van der Waals surface area contributed by atoms with Gasteiger partial charge in [-0.15, -0.1) is 0 Å². The molecule has 0 aliphatic carbocycles. The van der Waals surface area contributed by atoms with Crippen LogP contribution in [0, 0.1) is 5.92 Å². The van der Waals surface area contributed by atoms with E-state index in [1.165, 1.54) is 29.3 Å². The second-order valence-corrected chi connectivity index (χ2v) is 12.4. The largest absolute Gasteiger partial charge is 0.494 e. The summed E-state index contributed by atoms with van der Waals surface area (Å²) in [7, 11) is -3.71. The molecule has 1 amide bonds. The van der Waals surface area contributed by atoms with Crippen LogP contribution >= 0.6 is 0 Å². The minimum absolute atomic E-state index is 0.00224. The Labute approximate surface area is 229 Å². The number of hydrogen-bond donors (Lipinski definition) is 1. The molecule has 3 aromatic rings. The van der Waals surface area contributed by atoms with Crippen molar-refractivity contribution in [2.45, 2.75) is 56.4 Å². The van der Waals surface area contributed by atoms with Crippen LogP contribution < -0.4 is 15.6 Å². The fourth-order valence-electron chi connectivity index (χ4n) is 5.53. The van der Waals surface area contributed by atoms with Gasteiger partial charge in [-0.3, -0.25) is 9.59 Å². The van der Waals surface area contributed by atoms with Crippen molar-refractivity contribution in [1.82, 2.24) is 8.87 Å². The molecule has 0 radical (unpaired) electrons. The summed E-state index contributed by atoms with van der Waals surface area (Å²) in [6, 6.07) is 18.5. The summed E-state index contributed by atoms with van der Waals surface area (Å²) in [5, 5.41) is 2.83. The monoisotopic (exact) mass is 549 g/mol. The third-order valence-electron chi connectivity index (χ3n) is 7.58. The highest BCUT2D eigenvalue weighted by molar-refractivity contribution is 7.89. The van der Waals surface area contributed by atoms with Crippen molar-refractivity contribution < 1.29 is 17.9 Å². The summed E-state index contributed by atoms with van der Waals surface area (Å²) in [5.41, 5.74) is 1.88. The zero-order valence-electron chi connectivity index (χ0n) is 22.2. The van der Waals surface area contributed by atoms with Crippen molar-refractivity contribution in [3.8, 4) is 5.75 Å². The van der Waals surface area contributed by atoms with Gasteiger partial charge >= 0.3 is 0 Å². The Morgan fingerprint density at radius 2 is 1.72 bits per heavy atom. The molecule has 39 heavy (non-hydrogen) atoms. The van der Waals surface area contributed by atoms with Gasteiger partial charge in [0.1, 0.15) is 5.75 Å². The number of fused-ring (bicyclic) bond motifs is 4. The normalized spacial score (nSPS) is 18.8. The molecule has 2 atom stereocenters. The first-order chi connectivity index (χ1) is 18.8. The first kappa shape index (κ1) is 27.1. The summed E-state index contributed by atoms with van der Waals surface area (Å²) >= 11 is 0. The molecule has 2 bridgehead atoms. The number of hydrogen-bond acceptors (Lipinski definition) is 5. The number of aromatic nitrogens is 1. The lowest BCUT2D eigenvalue weighted by Gasteiger charge is -2.42. The maximum Gasteiger partial charge on any atom is 0.255 e. The topological polar surface area (TPSA) is 97.7 Å². The molecule has 0 unspecified atom stereocenters. The van der Waals surface area contributed by atoms with Gasteiger partial charge in [-0.05, 0) is 73.4 Å². The molecular formula is C30H35N3O5S. The summed E-state index contributed by atoms with van der Waals surface area (Å²) < 4.78 is 36.0. The molecule has 1 saturated heterocycles. The van der Waals surface area contributed by atoms with Crippen molar-refractivity contribution in [3.63, 3.8) is 0 Å². The quantitative estimate of drug-likeness (QED) is 0.364. The van der Waals surface area contributed by atoms with Crippen molar-refractivity contribution >= 4 is 21.6 Å². The number of carbonyl (C=O) groups is 1. The zero-order chi connectivity index (χ0) is 27.4. The van der Waals surface area contributed by atoms with E-state index < -0.39 is 10.0 Å². The molecule has 206 valence electrons. The molecule has 9 heteroatoms. The van der Waals surface area contributed by atoms with Crippen LogP contribution in [-0.4, -0.2) is 42.9 Å². The Kier molecular flexibility index (Phi) is 8.18. The van der Waals surface area contributed by atoms with E-state index in [1.54, 1.807) is 53.1 Å². The molecule has 1 aromatic heterocycles. The highest BCUT2D eigenvalue weighted by Gasteiger charge is 2.39. The minimum Gasteiger partial charge on any atom is -0.494 e.